The zero-order valence-corrected chi connectivity index (χ0v) is 23.2. The molecule has 184 valence electrons. The lowest BCUT2D eigenvalue weighted by Crippen LogP contribution is -2.31. The van der Waals surface area contributed by atoms with Crippen molar-refractivity contribution in [1.29, 1.82) is 10.5 Å². The molecule has 2 aromatic heterocycles. The predicted octanol–water partition coefficient (Wildman–Crippen LogP) is 5.85. The van der Waals surface area contributed by atoms with Gasteiger partial charge >= 0.3 is 0 Å². The largest absolute Gasteiger partial charge is 0.273 e. The van der Waals surface area contributed by atoms with E-state index >= 15 is 0 Å². The molecule has 2 amide bonds. The van der Waals surface area contributed by atoms with Crippen LogP contribution in [0.15, 0.2) is 50.2 Å². The Morgan fingerprint density at radius 2 is 1.51 bits per heavy atom. The van der Waals surface area contributed by atoms with Crippen molar-refractivity contribution in [3.63, 3.8) is 0 Å². The molecule has 1 N–H and O–H groups in total. The summed E-state index contributed by atoms with van der Waals surface area (Å²) in [6.45, 7) is 7.20. The minimum Gasteiger partial charge on any atom is -0.268 e. The number of H-pyrrole nitrogens is 1. The van der Waals surface area contributed by atoms with Gasteiger partial charge in [0.15, 0.2) is 5.69 Å². The van der Waals surface area contributed by atoms with Crippen LogP contribution in [-0.4, -0.2) is 16.8 Å². The number of nitrogens with zero attached hydrogens (tertiary/aromatic N) is 4. The number of aromatic nitrogens is 2. The van der Waals surface area contributed by atoms with E-state index in [-0.39, 0.29) is 20.5 Å². The first kappa shape index (κ1) is 26.7. The van der Waals surface area contributed by atoms with Crippen LogP contribution in [0.25, 0.3) is 0 Å². The van der Waals surface area contributed by atoms with E-state index in [1.54, 1.807) is 26.8 Å². The van der Waals surface area contributed by atoms with Crippen LogP contribution in [0.3, 0.4) is 0 Å². The van der Waals surface area contributed by atoms with Crippen molar-refractivity contribution in [3.8, 4) is 12.1 Å². The van der Waals surface area contributed by atoms with E-state index < -0.39 is 11.8 Å². The number of carbonyl (C=O) groups excluding carboxylic acids is 2. The summed E-state index contributed by atoms with van der Waals surface area (Å²) in [5, 5.41) is 20.7. The Bertz CT molecular complexity index is 1530. The minimum atomic E-state index is -0.616. The summed E-state index contributed by atoms with van der Waals surface area (Å²) in [5.41, 5.74) is 3.73. The van der Waals surface area contributed by atoms with Gasteiger partial charge in [0.25, 0.3) is 16.8 Å². The van der Waals surface area contributed by atoms with Gasteiger partial charge in [0.1, 0.15) is 27.6 Å². The van der Waals surface area contributed by atoms with Gasteiger partial charge in [-0.15, -0.1) is 0 Å². The van der Waals surface area contributed by atoms with Gasteiger partial charge < -0.3 is 0 Å². The van der Waals surface area contributed by atoms with E-state index in [4.69, 9.17) is 23.2 Å². The molecule has 4 rings (SSSR count). The van der Waals surface area contributed by atoms with Crippen LogP contribution in [0.2, 0.25) is 10.0 Å². The smallest absolute Gasteiger partial charge is 0.268 e. The molecule has 0 bridgehead atoms. The van der Waals surface area contributed by atoms with Crippen LogP contribution in [0.5, 0.6) is 0 Å². The normalized spacial score (nSPS) is 13.2. The monoisotopic (exact) mass is 566 g/mol. The highest BCUT2D eigenvalue weighted by Crippen LogP contribution is 2.45. The number of halogens is 2. The second-order valence-electron chi connectivity index (χ2n) is 8.23. The first-order valence-corrected chi connectivity index (χ1v) is 13.2. The van der Waals surface area contributed by atoms with Gasteiger partial charge in [-0.3, -0.25) is 9.59 Å². The molecule has 0 radical (unpaired) electrons. The highest BCUT2D eigenvalue weighted by atomic mass is 35.5. The minimum absolute atomic E-state index is 0.0754. The number of pyridine rings is 2. The number of nitrogens with one attached hydrogen (secondary N) is 1. The summed E-state index contributed by atoms with van der Waals surface area (Å²) in [6, 6.07) is 12.4. The number of imide groups is 1. The molecule has 1 aliphatic rings. The molecular weight excluding hydrogens is 549 g/mol. The van der Waals surface area contributed by atoms with Crippen LogP contribution < -0.4 is 9.88 Å². The highest BCUT2D eigenvalue weighted by Gasteiger charge is 2.43. The Kier molecular flexibility index (Phi) is 7.63. The van der Waals surface area contributed by atoms with Gasteiger partial charge in [-0.25, -0.2) is 14.9 Å². The van der Waals surface area contributed by atoms with Crippen molar-refractivity contribution in [3.05, 3.63) is 83.8 Å². The third-order valence-corrected chi connectivity index (χ3v) is 8.29. The van der Waals surface area contributed by atoms with Gasteiger partial charge in [-0.2, -0.15) is 10.5 Å². The molecule has 0 atom stereocenters. The Hall–Kier alpha value is -3.34. The number of nitriles is 2. The maximum absolute atomic E-state index is 13.8. The second kappa shape index (κ2) is 10.6. The number of carbonyl (C=O) groups is 2. The molecule has 7 nitrogen and oxygen atoms in total. The first-order chi connectivity index (χ1) is 17.5. The average molecular weight is 568 g/mol. The van der Waals surface area contributed by atoms with Gasteiger partial charge in [0.2, 0.25) is 0 Å². The molecule has 1 aliphatic heterocycles. The molecule has 3 heterocycles. The van der Waals surface area contributed by atoms with E-state index in [1.165, 1.54) is 18.2 Å². The predicted molar refractivity (Wildman–Crippen MR) is 143 cm³/mol. The number of aryl methyl sites for hydroxylation is 4. The summed E-state index contributed by atoms with van der Waals surface area (Å²) in [6.07, 6.45) is 0. The van der Waals surface area contributed by atoms with Crippen molar-refractivity contribution in [2.75, 3.05) is 4.90 Å². The van der Waals surface area contributed by atoms with Crippen LogP contribution in [0.1, 0.15) is 33.6 Å². The van der Waals surface area contributed by atoms with Crippen LogP contribution in [0, 0.1) is 50.4 Å². The zero-order valence-electron chi connectivity index (χ0n) is 20.1. The SMILES string of the molecule is Cc1cc(C)c(C#N)c(SC2=C(Sc3[nH+]c(C)cc(C)c3C#N)C(=O)N(c3ccc(Cl)cc3Cl)C2=O)n1. The maximum Gasteiger partial charge on any atom is 0.273 e. The number of rotatable bonds is 5. The van der Waals surface area contributed by atoms with Crippen molar-refractivity contribution in [2.45, 2.75) is 37.7 Å². The van der Waals surface area contributed by atoms with Crippen LogP contribution in [-0.2, 0) is 9.59 Å². The molecule has 0 spiro atoms. The van der Waals surface area contributed by atoms with E-state index in [0.29, 0.717) is 37.5 Å². The summed E-state index contributed by atoms with van der Waals surface area (Å²) >= 11 is 14.3. The van der Waals surface area contributed by atoms with Crippen molar-refractivity contribution in [1.82, 2.24) is 4.98 Å². The molecule has 0 aliphatic carbocycles. The molecule has 11 heteroatoms. The fraction of sp³-hybridized carbons (Fsp3) is 0.154. The quantitative estimate of drug-likeness (QED) is 0.356. The average Bonchev–Trinajstić information content (AvgIpc) is 3.03. The molecule has 0 saturated carbocycles. The zero-order chi connectivity index (χ0) is 27.0. The fourth-order valence-electron chi connectivity index (χ4n) is 3.83. The number of hydrogen-bond donors (Lipinski definition) is 0. The Morgan fingerprint density at radius 1 is 0.892 bits per heavy atom. The van der Waals surface area contributed by atoms with Gasteiger partial charge in [-0.05, 0) is 67.9 Å². The van der Waals surface area contributed by atoms with E-state index in [1.807, 2.05) is 13.0 Å². The third-order valence-electron chi connectivity index (χ3n) is 5.45. The standard InChI is InChI=1S/C26H17Cl2N5O2S2/c1-12-7-14(3)31-23(17(12)10-29)36-21-22(37-24-18(11-30)13(2)8-15(4)32-24)26(35)33(25(21)34)20-6-5-16(27)9-19(20)28/h5-9H,1-4H3/p+1. The second-order valence-corrected chi connectivity index (χ2v) is 11.1. The lowest BCUT2D eigenvalue weighted by Gasteiger charge is -2.16. The van der Waals surface area contributed by atoms with Gasteiger partial charge in [-0.1, -0.05) is 35.0 Å². The molecule has 37 heavy (non-hydrogen) atoms. The highest BCUT2D eigenvalue weighted by molar-refractivity contribution is 8.08. The van der Waals surface area contributed by atoms with Gasteiger partial charge in [0.05, 0.1) is 21.2 Å². The Labute approximate surface area is 232 Å². The van der Waals surface area contributed by atoms with Crippen LogP contribution in [0.4, 0.5) is 5.69 Å². The molecule has 1 aromatic carbocycles. The number of aromatic amines is 1. The molecule has 0 saturated heterocycles. The third kappa shape index (κ3) is 5.09. The van der Waals surface area contributed by atoms with E-state index in [2.05, 4.69) is 22.1 Å². The number of thioether (sulfide) groups is 2. The Morgan fingerprint density at radius 3 is 2.14 bits per heavy atom. The lowest BCUT2D eigenvalue weighted by atomic mass is 10.1. The first-order valence-electron chi connectivity index (χ1n) is 10.8. The maximum atomic E-state index is 13.8. The summed E-state index contributed by atoms with van der Waals surface area (Å²) < 4.78 is 0. The Balaban J connectivity index is 1.90. The summed E-state index contributed by atoms with van der Waals surface area (Å²) in [7, 11) is 0. The number of amides is 2. The van der Waals surface area contributed by atoms with E-state index in [9.17, 15) is 20.1 Å². The molecular formula is C26H18Cl2N5O2S2+. The van der Waals surface area contributed by atoms with E-state index in [0.717, 1.165) is 39.7 Å². The lowest BCUT2D eigenvalue weighted by molar-refractivity contribution is -0.435. The van der Waals surface area contributed by atoms with Gasteiger partial charge in [0, 0.05) is 23.7 Å². The fourth-order valence-corrected chi connectivity index (χ4v) is 6.71. The number of benzene rings is 1. The molecule has 3 aromatic rings. The number of anilines is 1. The molecule has 0 unspecified atom stereocenters. The summed E-state index contributed by atoms with van der Waals surface area (Å²) in [4.78, 5) is 36.2. The van der Waals surface area contributed by atoms with Crippen molar-refractivity contribution in [2.24, 2.45) is 0 Å². The van der Waals surface area contributed by atoms with Crippen molar-refractivity contribution < 1.29 is 14.6 Å². The topological polar surface area (TPSA) is 112 Å². The number of hydrogen-bond acceptors (Lipinski definition) is 7. The molecule has 0 fully saturated rings. The van der Waals surface area contributed by atoms with Crippen molar-refractivity contribution >= 4 is 64.2 Å². The summed E-state index contributed by atoms with van der Waals surface area (Å²) in [5.74, 6) is -1.23. The van der Waals surface area contributed by atoms with Crippen LogP contribution >= 0.6 is 46.7 Å².